The molecule has 4 rings (SSSR count). The second-order valence-corrected chi connectivity index (χ2v) is 12.7. The Labute approximate surface area is 231 Å². The van der Waals surface area contributed by atoms with Crippen molar-refractivity contribution in [3.63, 3.8) is 0 Å². The van der Waals surface area contributed by atoms with Crippen LogP contribution < -0.4 is 14.8 Å². The van der Waals surface area contributed by atoms with E-state index in [-0.39, 0.29) is 24.0 Å². The Bertz CT molecular complexity index is 1120. The Morgan fingerprint density at radius 1 is 0.949 bits per heavy atom. The van der Waals surface area contributed by atoms with Gasteiger partial charge in [0.1, 0.15) is 23.7 Å². The Morgan fingerprint density at radius 3 is 2.08 bits per heavy atom. The van der Waals surface area contributed by atoms with E-state index in [2.05, 4.69) is 31.0 Å². The first-order valence-corrected chi connectivity index (χ1v) is 13.7. The van der Waals surface area contributed by atoms with Crippen molar-refractivity contribution in [2.45, 2.75) is 71.1 Å². The third-order valence-corrected chi connectivity index (χ3v) is 7.25. The number of carbonyl (C=O) groups is 2. The first-order chi connectivity index (χ1) is 18.3. The van der Waals surface area contributed by atoms with Crippen molar-refractivity contribution < 1.29 is 28.9 Å². The molecule has 0 radical (unpaired) electrons. The van der Waals surface area contributed by atoms with E-state index in [4.69, 9.17) is 14.2 Å². The van der Waals surface area contributed by atoms with Crippen LogP contribution in [0.3, 0.4) is 0 Å². The van der Waals surface area contributed by atoms with Gasteiger partial charge < -0.3 is 24.6 Å². The number of nitrogens with zero attached hydrogens (tertiary/aromatic N) is 1. The molecule has 2 aromatic carbocycles. The van der Waals surface area contributed by atoms with Crippen LogP contribution in [0.4, 0.5) is 4.79 Å². The topological polar surface area (TPSA) is 97.3 Å². The van der Waals surface area contributed by atoms with Gasteiger partial charge in [-0.05, 0) is 73.4 Å². The van der Waals surface area contributed by atoms with Crippen molar-refractivity contribution in [2.24, 2.45) is 11.8 Å². The standard InChI is InChI=1S/C31H42N2O6/c1-30(2,3)21-9-13-23(14-10-21)38-26(28(34)35)17-20-7-11-22(12-8-20)37-16-15-33-18-24-25(19-33)27(24)32-29(36)39-31(4,5)6/h7-14,24-27H,15-19H2,1-6H3,(H,32,36)(H,34,35)/t24-,25+,26-,27+/m0/s1. The molecule has 4 atom stereocenters. The van der Waals surface area contributed by atoms with Gasteiger partial charge in [0, 0.05) is 32.1 Å². The summed E-state index contributed by atoms with van der Waals surface area (Å²) in [7, 11) is 0. The molecule has 1 heterocycles. The van der Waals surface area contributed by atoms with Crippen LogP contribution in [0.5, 0.6) is 11.5 Å². The van der Waals surface area contributed by atoms with E-state index in [1.165, 1.54) is 5.56 Å². The molecule has 2 N–H and O–H groups in total. The molecule has 1 aliphatic carbocycles. The zero-order valence-corrected chi connectivity index (χ0v) is 23.9. The van der Waals surface area contributed by atoms with Crippen LogP contribution in [0.1, 0.15) is 52.7 Å². The summed E-state index contributed by atoms with van der Waals surface area (Å²) in [6.07, 6.45) is -1.06. The maximum Gasteiger partial charge on any atom is 0.407 e. The molecule has 39 heavy (non-hydrogen) atoms. The fourth-order valence-corrected chi connectivity index (χ4v) is 5.06. The minimum absolute atomic E-state index is 0.0210. The number of carboxylic acids is 1. The zero-order valence-electron chi connectivity index (χ0n) is 23.9. The lowest BCUT2D eigenvalue weighted by Crippen LogP contribution is -2.38. The monoisotopic (exact) mass is 538 g/mol. The summed E-state index contributed by atoms with van der Waals surface area (Å²) in [5, 5.41) is 12.7. The molecule has 0 aromatic heterocycles. The van der Waals surface area contributed by atoms with Crippen LogP contribution in [-0.4, -0.2) is 66.1 Å². The predicted octanol–water partition coefficient (Wildman–Crippen LogP) is 4.89. The van der Waals surface area contributed by atoms with E-state index in [1.54, 1.807) is 0 Å². The number of alkyl carbamates (subject to hydrolysis) is 1. The van der Waals surface area contributed by atoms with Gasteiger partial charge in [-0.1, -0.05) is 45.0 Å². The molecule has 8 heteroatoms. The third kappa shape index (κ3) is 8.12. The maximum atomic E-state index is 12.0. The molecule has 1 amide bonds. The van der Waals surface area contributed by atoms with Gasteiger partial charge in [0.05, 0.1) is 0 Å². The molecule has 1 aliphatic heterocycles. The second kappa shape index (κ2) is 11.5. The Hall–Kier alpha value is -3.26. The van der Waals surface area contributed by atoms with Crippen LogP contribution in [0.2, 0.25) is 0 Å². The number of fused-ring (bicyclic) bond motifs is 1. The van der Waals surface area contributed by atoms with E-state index >= 15 is 0 Å². The number of carboxylic acid groups (broad SMARTS) is 1. The van der Waals surface area contributed by atoms with Gasteiger partial charge in [-0.15, -0.1) is 0 Å². The van der Waals surface area contributed by atoms with E-state index in [9.17, 15) is 14.7 Å². The average Bonchev–Trinajstić information content (AvgIpc) is 3.26. The summed E-state index contributed by atoms with van der Waals surface area (Å²) < 4.78 is 17.1. The van der Waals surface area contributed by atoms with Crippen molar-refractivity contribution in [2.75, 3.05) is 26.2 Å². The van der Waals surface area contributed by atoms with Crippen molar-refractivity contribution in [1.29, 1.82) is 0 Å². The van der Waals surface area contributed by atoms with Gasteiger partial charge >= 0.3 is 12.1 Å². The van der Waals surface area contributed by atoms with Crippen LogP contribution in [0, 0.1) is 11.8 Å². The predicted molar refractivity (Wildman–Crippen MR) is 149 cm³/mol. The number of amides is 1. The minimum Gasteiger partial charge on any atom is -0.492 e. The van der Waals surface area contributed by atoms with Crippen molar-refractivity contribution in [1.82, 2.24) is 10.2 Å². The van der Waals surface area contributed by atoms with Crippen molar-refractivity contribution in [3.05, 3.63) is 59.7 Å². The summed E-state index contributed by atoms with van der Waals surface area (Å²) in [4.78, 5) is 26.2. The highest BCUT2D eigenvalue weighted by Gasteiger charge is 2.56. The van der Waals surface area contributed by atoms with Gasteiger partial charge in [0.2, 0.25) is 0 Å². The number of likely N-dealkylation sites (tertiary alicyclic amines) is 1. The second-order valence-electron chi connectivity index (χ2n) is 12.7. The molecule has 212 valence electrons. The number of hydrogen-bond acceptors (Lipinski definition) is 6. The lowest BCUT2D eigenvalue weighted by Gasteiger charge is -2.22. The molecule has 8 nitrogen and oxygen atoms in total. The maximum absolute atomic E-state index is 12.0. The lowest BCUT2D eigenvalue weighted by atomic mass is 9.87. The molecule has 1 saturated carbocycles. The van der Waals surface area contributed by atoms with Gasteiger partial charge in [-0.3, -0.25) is 4.90 Å². The summed E-state index contributed by atoms with van der Waals surface area (Å²) in [6.45, 7) is 15.3. The number of ether oxygens (including phenoxy) is 3. The number of rotatable bonds is 10. The van der Waals surface area contributed by atoms with Crippen molar-refractivity contribution in [3.8, 4) is 11.5 Å². The fraction of sp³-hybridized carbons (Fsp3) is 0.548. The summed E-state index contributed by atoms with van der Waals surface area (Å²) in [5.41, 5.74) is 1.57. The highest BCUT2D eigenvalue weighted by Crippen LogP contribution is 2.45. The molecule has 2 fully saturated rings. The summed E-state index contributed by atoms with van der Waals surface area (Å²) in [6, 6.07) is 15.3. The molecule has 0 unspecified atom stereocenters. The normalized spacial score (nSPS) is 21.5. The summed E-state index contributed by atoms with van der Waals surface area (Å²) in [5.74, 6) is 1.26. The molecule has 2 aliphatic rings. The average molecular weight is 539 g/mol. The van der Waals surface area contributed by atoms with Gasteiger partial charge in [-0.2, -0.15) is 0 Å². The van der Waals surface area contributed by atoms with Gasteiger partial charge in [-0.25, -0.2) is 9.59 Å². The van der Waals surface area contributed by atoms with Crippen molar-refractivity contribution >= 4 is 12.1 Å². The molecular formula is C31H42N2O6. The Balaban J connectivity index is 1.18. The van der Waals surface area contributed by atoms with E-state index in [0.29, 0.717) is 24.2 Å². The molecule has 2 aromatic rings. The lowest BCUT2D eigenvalue weighted by molar-refractivity contribution is -0.145. The fourth-order valence-electron chi connectivity index (χ4n) is 5.06. The highest BCUT2D eigenvalue weighted by molar-refractivity contribution is 5.73. The van der Waals surface area contributed by atoms with E-state index in [0.717, 1.165) is 30.9 Å². The first kappa shape index (κ1) is 28.7. The number of aliphatic carboxylic acids is 1. The Morgan fingerprint density at radius 2 is 1.54 bits per heavy atom. The molecule has 0 bridgehead atoms. The van der Waals surface area contributed by atoms with Gasteiger partial charge in [0.25, 0.3) is 0 Å². The SMILES string of the molecule is CC(C)(C)OC(=O)N[C@H]1[C@@H]2CN(CCOc3ccc(C[C@H](Oc4ccc(C(C)(C)C)cc4)C(=O)O)cc3)C[C@@H]21. The summed E-state index contributed by atoms with van der Waals surface area (Å²) >= 11 is 0. The van der Waals surface area contributed by atoms with E-state index in [1.807, 2.05) is 69.3 Å². The molecule has 1 saturated heterocycles. The third-order valence-electron chi connectivity index (χ3n) is 7.25. The van der Waals surface area contributed by atoms with Crippen LogP contribution in [0.15, 0.2) is 48.5 Å². The molecule has 0 spiro atoms. The number of piperidine rings is 1. The van der Waals surface area contributed by atoms with Crippen LogP contribution >= 0.6 is 0 Å². The first-order valence-electron chi connectivity index (χ1n) is 13.7. The minimum atomic E-state index is -0.998. The Kier molecular flexibility index (Phi) is 8.45. The van der Waals surface area contributed by atoms with Gasteiger partial charge in [0.15, 0.2) is 6.10 Å². The molecular weight excluding hydrogens is 496 g/mol. The van der Waals surface area contributed by atoms with E-state index < -0.39 is 17.7 Å². The van der Waals surface area contributed by atoms with Crippen LogP contribution in [0.25, 0.3) is 0 Å². The number of nitrogens with one attached hydrogen (secondary N) is 1. The van der Waals surface area contributed by atoms with Crippen LogP contribution in [-0.2, 0) is 21.4 Å². The number of carbonyl (C=O) groups excluding carboxylic acids is 1. The largest absolute Gasteiger partial charge is 0.492 e. The quantitative estimate of drug-likeness (QED) is 0.444. The smallest absolute Gasteiger partial charge is 0.407 e. The highest BCUT2D eigenvalue weighted by atomic mass is 16.6. The number of benzene rings is 2. The zero-order chi connectivity index (χ0) is 28.4. The number of hydrogen-bond donors (Lipinski definition) is 2.